The van der Waals surface area contributed by atoms with Gasteiger partial charge in [0.2, 0.25) is 0 Å². The van der Waals surface area contributed by atoms with Crippen molar-refractivity contribution in [1.29, 1.82) is 0 Å². The summed E-state index contributed by atoms with van der Waals surface area (Å²) in [6.07, 6.45) is 0. The molecule has 0 fully saturated rings. The van der Waals surface area contributed by atoms with Crippen LogP contribution in [0.1, 0.15) is 0 Å². The summed E-state index contributed by atoms with van der Waals surface area (Å²) in [7, 11) is -15.5. The molecule has 19 heavy (non-hydrogen) atoms. The van der Waals surface area contributed by atoms with E-state index < -0.39 is 31.2 Å². The molecule has 19 heteroatoms. The molecule has 0 bridgehead atoms. The summed E-state index contributed by atoms with van der Waals surface area (Å²) < 4.78 is 102. The van der Waals surface area contributed by atoms with Crippen LogP contribution in [0.2, 0.25) is 0 Å². The Morgan fingerprint density at radius 3 is 0.421 bits per heavy atom. The molecule has 0 aromatic heterocycles. The van der Waals surface area contributed by atoms with Gasteiger partial charge < -0.3 is 38.3 Å². The molecule has 0 aliphatic carbocycles. The fourth-order valence-corrected chi connectivity index (χ4v) is 0. The van der Waals surface area contributed by atoms with E-state index in [0.29, 0.717) is 0 Å². The molecular weight excluding hydrogens is 609 g/mol. The van der Waals surface area contributed by atoms with Crippen LogP contribution in [0.3, 0.4) is 0 Å². The number of rotatable bonds is 0. The third-order valence-electron chi connectivity index (χ3n) is 0. The summed E-state index contributed by atoms with van der Waals surface area (Å²) in [4.78, 5) is 0. The van der Waals surface area contributed by atoms with Gasteiger partial charge in [-0.3, -0.25) is 25.3 Å². The Hall–Kier alpha value is 2.23. The standard InChI is InChI=1S/2Nd.3H2O4S.2H2O/c;;3*1-5(2,3)4;;/h;;3*(H2,1,2,3,4);2*1H2/q2*+3;;;;;/p-6. The molecule has 14 nitrogen and oxygen atoms in total. The number of hydrogen-bond acceptors (Lipinski definition) is 12. The third-order valence-corrected chi connectivity index (χ3v) is 0. The normalized spacial score (nSPS) is 9.16. The molecule has 0 heterocycles. The topological polar surface area (TPSA) is 304 Å². The zero-order chi connectivity index (χ0) is 13.5. The molecule has 0 saturated heterocycles. The van der Waals surface area contributed by atoms with E-state index in [1.54, 1.807) is 0 Å². The van der Waals surface area contributed by atoms with Gasteiger partial charge >= 0.3 is 81.7 Å². The first-order valence-electron chi connectivity index (χ1n) is 2.00. The van der Waals surface area contributed by atoms with E-state index in [2.05, 4.69) is 0 Å². The van der Waals surface area contributed by atoms with Crippen LogP contribution >= 0.6 is 0 Å². The van der Waals surface area contributed by atoms with E-state index >= 15 is 0 Å². The second-order valence-electron chi connectivity index (χ2n) is 1.22. The Labute approximate surface area is 173 Å². The molecule has 0 atom stereocenters. The molecule has 0 rings (SSSR count). The van der Waals surface area contributed by atoms with Gasteiger partial charge in [-0.15, -0.1) is 0 Å². The SMILES string of the molecule is O.O.O=S(=O)([O-])[O-].O=S(=O)([O-])[O-].O=S(=O)([O-])[O-].[Nd+3].[Nd+3]. The smallest absolute Gasteiger partial charge is 0.759 e. The predicted molar refractivity (Wildman–Crippen MR) is 38.7 cm³/mol. The molecule has 0 spiro atoms. The van der Waals surface area contributed by atoms with Gasteiger partial charge in [0, 0.05) is 31.2 Å². The Kier molecular flexibility index (Phi) is 41.3. The van der Waals surface area contributed by atoms with Crippen LogP contribution in [0.15, 0.2) is 0 Å². The maximum absolute atomic E-state index is 8.52. The van der Waals surface area contributed by atoms with Crippen molar-refractivity contribution < 1.29 is 145 Å². The molecule has 0 saturated carbocycles. The van der Waals surface area contributed by atoms with Gasteiger partial charge in [0.1, 0.15) is 0 Å². The van der Waals surface area contributed by atoms with E-state index in [1.165, 1.54) is 0 Å². The van der Waals surface area contributed by atoms with Crippen molar-refractivity contribution in [2.45, 2.75) is 0 Å². The second kappa shape index (κ2) is 18.3. The fourth-order valence-electron chi connectivity index (χ4n) is 0. The van der Waals surface area contributed by atoms with Crippen LogP contribution in [-0.2, 0) is 31.2 Å². The van der Waals surface area contributed by atoms with Gasteiger partial charge in [0.15, 0.2) is 0 Å². The quantitative estimate of drug-likeness (QED) is 0.182. The van der Waals surface area contributed by atoms with Gasteiger partial charge in [0.25, 0.3) is 0 Å². The first-order chi connectivity index (χ1) is 6.00. The maximum Gasteiger partial charge on any atom is 3.00 e. The minimum Gasteiger partial charge on any atom is -0.759 e. The minimum absolute atomic E-state index is 0. The van der Waals surface area contributed by atoms with Crippen molar-refractivity contribution >= 4 is 31.2 Å². The summed E-state index contributed by atoms with van der Waals surface area (Å²) in [5.41, 5.74) is 0. The number of hydrogen-bond donors (Lipinski definition) is 0. The predicted octanol–water partition coefficient (Wildman–Crippen LogP) is -5.66. The summed E-state index contributed by atoms with van der Waals surface area (Å²) in [5, 5.41) is 0. The summed E-state index contributed by atoms with van der Waals surface area (Å²) in [6.45, 7) is 0. The summed E-state index contributed by atoms with van der Waals surface area (Å²) >= 11 is 0. The van der Waals surface area contributed by atoms with E-state index in [0.717, 1.165) is 0 Å². The average Bonchev–Trinajstić information content (AvgIpc) is 1.41. The second-order valence-corrected chi connectivity index (χ2v) is 3.67. The molecule has 4 N–H and O–H groups in total. The van der Waals surface area contributed by atoms with Gasteiger partial charge in [-0.25, -0.2) is 0 Å². The van der Waals surface area contributed by atoms with Crippen LogP contribution in [0.25, 0.3) is 0 Å². The van der Waals surface area contributed by atoms with Gasteiger partial charge in [0.05, 0.1) is 0 Å². The first kappa shape index (κ1) is 42.9. The molecule has 0 unspecified atom stereocenters. The van der Waals surface area contributed by atoms with Crippen molar-refractivity contribution in [3.05, 3.63) is 0 Å². The van der Waals surface area contributed by atoms with Crippen LogP contribution in [-0.4, -0.2) is 63.5 Å². The van der Waals surface area contributed by atoms with Crippen molar-refractivity contribution in [3.63, 3.8) is 0 Å². The molecule has 0 aliphatic rings. The van der Waals surface area contributed by atoms with E-state index in [-0.39, 0.29) is 92.6 Å². The Bertz CT molecular complexity index is 342. The Morgan fingerprint density at radius 2 is 0.421 bits per heavy atom. The van der Waals surface area contributed by atoms with Gasteiger partial charge in [-0.05, 0) is 0 Å². The Morgan fingerprint density at radius 1 is 0.421 bits per heavy atom. The fraction of sp³-hybridized carbons (Fsp3) is 0. The van der Waals surface area contributed by atoms with Gasteiger partial charge in [-0.2, -0.15) is 0 Å². The third kappa shape index (κ3) is 1350. The van der Waals surface area contributed by atoms with Crippen LogP contribution in [0.5, 0.6) is 0 Å². The molecule has 0 aromatic rings. The molecule has 0 aromatic carbocycles. The summed E-state index contributed by atoms with van der Waals surface area (Å²) in [6, 6.07) is 0. The zero-order valence-electron chi connectivity index (χ0n) is 8.12. The van der Waals surface area contributed by atoms with Crippen LogP contribution in [0.4, 0.5) is 0 Å². The molecule has 114 valence electrons. The maximum atomic E-state index is 8.52. The summed E-state index contributed by atoms with van der Waals surface area (Å²) in [5.74, 6) is 0. The first-order valence-corrected chi connectivity index (χ1v) is 6.00. The van der Waals surface area contributed by atoms with Crippen molar-refractivity contribution in [3.8, 4) is 0 Å². The van der Waals surface area contributed by atoms with Gasteiger partial charge in [-0.1, -0.05) is 0 Å². The molecular formula is H4Nd2O14S3. The van der Waals surface area contributed by atoms with Crippen molar-refractivity contribution in [2.75, 3.05) is 0 Å². The zero-order valence-corrected chi connectivity index (χ0v) is 17.0. The van der Waals surface area contributed by atoms with E-state index in [1.807, 2.05) is 0 Å². The minimum atomic E-state index is -5.17. The van der Waals surface area contributed by atoms with Crippen molar-refractivity contribution in [2.24, 2.45) is 0 Å². The largest absolute Gasteiger partial charge is 3.00 e. The molecule has 0 aliphatic heterocycles. The van der Waals surface area contributed by atoms with E-state index in [9.17, 15) is 0 Å². The van der Waals surface area contributed by atoms with Crippen molar-refractivity contribution in [1.82, 2.24) is 0 Å². The molecule has 0 amide bonds. The average molecular weight is 613 g/mol. The molecule has 2 radical (unpaired) electrons. The van der Waals surface area contributed by atoms with Crippen LogP contribution < -0.4 is 0 Å². The van der Waals surface area contributed by atoms with E-state index in [4.69, 9.17) is 52.6 Å². The Balaban J connectivity index is -0.0000000206. The van der Waals surface area contributed by atoms with Crippen LogP contribution in [0, 0.1) is 81.7 Å². The monoisotopic (exact) mass is 608 g/mol.